The minimum atomic E-state index is -1.53. The molecular weight excluding hydrogens is 332 g/mol. The molecule has 0 aliphatic carbocycles. The number of aliphatic carboxylic acids is 4. The summed E-state index contributed by atoms with van der Waals surface area (Å²) in [5.41, 5.74) is 0. The van der Waals surface area contributed by atoms with Crippen LogP contribution in [0.1, 0.15) is 0 Å². The molecule has 10 nitrogen and oxygen atoms in total. The largest absolute Gasteiger partial charge is 3.00 e. The predicted octanol–water partition coefficient (Wildman–Crippen LogP) is -7.41. The van der Waals surface area contributed by atoms with Crippen molar-refractivity contribution < 1.29 is 56.7 Å². The molecule has 0 saturated heterocycles. The van der Waals surface area contributed by atoms with Crippen molar-refractivity contribution in [1.82, 2.24) is 9.80 Å². The Labute approximate surface area is 130 Å². The van der Waals surface area contributed by atoms with Gasteiger partial charge in [0.1, 0.15) is 0 Å². The molecule has 0 N–H and O–H groups in total. The molecule has 0 rings (SSSR count). The van der Waals surface area contributed by atoms with Gasteiger partial charge in [-0.25, -0.2) is 0 Å². The average Bonchev–Trinajstić information content (AvgIpc) is 2.22. The van der Waals surface area contributed by atoms with E-state index in [0.717, 1.165) is 9.80 Å². The van der Waals surface area contributed by atoms with Crippen LogP contribution >= 0.6 is 0 Å². The van der Waals surface area contributed by atoms with Crippen LogP contribution in [0.5, 0.6) is 0 Å². The molecule has 0 aromatic heterocycles. The summed E-state index contributed by atoms with van der Waals surface area (Å²) in [4.78, 5) is 43.4. The van der Waals surface area contributed by atoms with Gasteiger partial charge in [-0.3, -0.25) is 9.80 Å². The third-order valence-corrected chi connectivity index (χ3v) is 2.14. The van der Waals surface area contributed by atoms with Crippen LogP contribution in [0.15, 0.2) is 0 Å². The van der Waals surface area contributed by atoms with Crippen LogP contribution in [0.4, 0.5) is 0 Å². The van der Waals surface area contributed by atoms with E-state index >= 15 is 0 Å². The molecule has 0 unspecified atom stereocenters. The summed E-state index contributed by atoms with van der Waals surface area (Å²) >= 11 is 0. The number of carbonyl (C=O) groups is 4. The summed E-state index contributed by atoms with van der Waals surface area (Å²) in [6.07, 6.45) is 0. The van der Waals surface area contributed by atoms with Crippen molar-refractivity contribution in [2.24, 2.45) is 0 Å². The third kappa shape index (κ3) is 13.1. The normalized spacial score (nSPS) is 10.2. The van der Waals surface area contributed by atoms with E-state index in [1.807, 2.05) is 0 Å². The number of nitrogens with zero attached hydrogens (tertiary/aromatic N) is 2. The van der Waals surface area contributed by atoms with Gasteiger partial charge in [0.05, 0.1) is 23.9 Å². The Balaban J connectivity index is 0. The van der Waals surface area contributed by atoms with Crippen molar-refractivity contribution in [2.75, 3.05) is 39.3 Å². The molecule has 0 aliphatic heterocycles. The number of hydrogen-bond acceptors (Lipinski definition) is 10. The van der Waals surface area contributed by atoms with Gasteiger partial charge in [0.2, 0.25) is 0 Å². The Bertz CT molecular complexity index is 321. The van der Waals surface area contributed by atoms with Crippen LogP contribution in [-0.2, 0) is 36.2 Å². The van der Waals surface area contributed by atoms with E-state index in [4.69, 9.17) is 0 Å². The van der Waals surface area contributed by atoms with E-state index in [2.05, 4.69) is 0 Å². The van der Waals surface area contributed by atoms with Crippen molar-refractivity contribution in [3.63, 3.8) is 0 Å². The molecule has 0 aromatic carbocycles. The Morgan fingerprint density at radius 2 is 0.762 bits per heavy atom. The Morgan fingerprint density at radius 1 is 0.571 bits per heavy atom. The van der Waals surface area contributed by atoms with Crippen molar-refractivity contribution in [3.8, 4) is 0 Å². The van der Waals surface area contributed by atoms with Crippen molar-refractivity contribution >= 4 is 23.9 Å². The van der Waals surface area contributed by atoms with Gasteiger partial charge in [-0.1, -0.05) is 0 Å². The molecule has 0 aliphatic rings. The maximum Gasteiger partial charge on any atom is 3.00 e. The first-order valence-corrected chi connectivity index (χ1v) is 5.44. The second kappa shape index (κ2) is 11.0. The smallest absolute Gasteiger partial charge is 0.549 e. The van der Waals surface area contributed by atoms with E-state index in [1.165, 1.54) is 0 Å². The van der Waals surface area contributed by atoms with Gasteiger partial charge in [0.25, 0.3) is 0 Å². The summed E-state index contributed by atoms with van der Waals surface area (Å²) in [5, 5.41) is 41.6. The maximum atomic E-state index is 10.4. The molecule has 21 heavy (non-hydrogen) atoms. The number of carboxylic acids is 4. The molecule has 0 heterocycles. The fourth-order valence-electron chi connectivity index (χ4n) is 1.44. The summed E-state index contributed by atoms with van der Waals surface area (Å²) < 4.78 is 0. The van der Waals surface area contributed by atoms with Gasteiger partial charge in [-0.15, -0.1) is 0 Å². The van der Waals surface area contributed by atoms with Crippen LogP contribution in [0.3, 0.4) is 0 Å². The first-order chi connectivity index (χ1) is 9.20. The molecular formula is C10H12FeN2O8-. The van der Waals surface area contributed by atoms with Gasteiger partial charge < -0.3 is 39.6 Å². The molecule has 0 bridgehead atoms. The summed E-state index contributed by atoms with van der Waals surface area (Å²) in [6.45, 7) is -3.25. The molecule has 0 saturated carbocycles. The quantitative estimate of drug-likeness (QED) is 0.328. The Hall–Kier alpha value is -1.68. The first kappa shape index (κ1) is 21.6. The third-order valence-electron chi connectivity index (χ3n) is 2.14. The zero-order valence-corrected chi connectivity index (χ0v) is 11.9. The number of rotatable bonds is 11. The minimum Gasteiger partial charge on any atom is -0.549 e. The Kier molecular flexibility index (Phi) is 11.4. The summed E-state index contributed by atoms with van der Waals surface area (Å²) in [6, 6.07) is 0. The maximum absolute atomic E-state index is 10.4. The molecule has 119 valence electrons. The zero-order valence-electron chi connectivity index (χ0n) is 10.8. The fraction of sp³-hybridized carbons (Fsp3) is 0.600. The topological polar surface area (TPSA) is 167 Å². The van der Waals surface area contributed by atoms with E-state index in [0.29, 0.717) is 0 Å². The minimum absolute atomic E-state index is 0. The molecule has 11 heteroatoms. The van der Waals surface area contributed by atoms with Crippen LogP contribution in [0, 0.1) is 0 Å². The first-order valence-electron chi connectivity index (χ1n) is 5.44. The van der Waals surface area contributed by atoms with E-state index in [1.54, 1.807) is 0 Å². The Morgan fingerprint density at radius 3 is 0.905 bits per heavy atom. The number of carboxylic acid groups (broad SMARTS) is 4. The fourth-order valence-corrected chi connectivity index (χ4v) is 1.44. The predicted molar refractivity (Wildman–Crippen MR) is 52.9 cm³/mol. The SMILES string of the molecule is O=C([O-])CN(CCN(CC(=O)[O-])CC(=O)[O-])CC(=O)[O-].[Fe+3]. The van der Waals surface area contributed by atoms with E-state index in [-0.39, 0.29) is 30.2 Å². The average molecular weight is 344 g/mol. The standard InChI is InChI=1S/C10H16N2O8.Fe/c13-7(14)3-11(4-8(15)16)1-2-12(5-9(17)18)6-10(19)20;/h1-6H2,(H,13,14)(H,15,16)(H,17,18)(H,19,20);/q;+3/p-4. The molecule has 1 radical (unpaired) electrons. The van der Waals surface area contributed by atoms with Gasteiger partial charge in [0.15, 0.2) is 0 Å². The van der Waals surface area contributed by atoms with Crippen LogP contribution in [0.2, 0.25) is 0 Å². The van der Waals surface area contributed by atoms with Gasteiger partial charge in [0, 0.05) is 39.3 Å². The summed E-state index contributed by atoms with van der Waals surface area (Å²) in [5.74, 6) is -6.12. The van der Waals surface area contributed by atoms with Gasteiger partial charge >= 0.3 is 17.1 Å². The summed E-state index contributed by atoms with van der Waals surface area (Å²) in [7, 11) is 0. The monoisotopic (exact) mass is 344 g/mol. The van der Waals surface area contributed by atoms with E-state index < -0.39 is 50.1 Å². The number of hydrogen-bond donors (Lipinski definition) is 0. The van der Waals surface area contributed by atoms with Crippen molar-refractivity contribution in [1.29, 1.82) is 0 Å². The molecule has 0 atom stereocenters. The van der Waals surface area contributed by atoms with E-state index in [9.17, 15) is 39.6 Å². The van der Waals surface area contributed by atoms with Gasteiger partial charge in [-0.05, 0) is 0 Å². The number of carbonyl (C=O) groups excluding carboxylic acids is 4. The van der Waals surface area contributed by atoms with Crippen LogP contribution < -0.4 is 20.4 Å². The zero-order chi connectivity index (χ0) is 15.7. The molecule has 0 fully saturated rings. The van der Waals surface area contributed by atoms with Crippen LogP contribution in [-0.4, -0.2) is 72.9 Å². The second-order valence-corrected chi connectivity index (χ2v) is 3.91. The molecule has 0 amide bonds. The van der Waals surface area contributed by atoms with Gasteiger partial charge in [-0.2, -0.15) is 0 Å². The van der Waals surface area contributed by atoms with Crippen molar-refractivity contribution in [2.45, 2.75) is 0 Å². The molecule has 0 spiro atoms. The molecule has 0 aromatic rings. The van der Waals surface area contributed by atoms with Crippen molar-refractivity contribution in [3.05, 3.63) is 0 Å². The second-order valence-electron chi connectivity index (χ2n) is 3.91. The van der Waals surface area contributed by atoms with Crippen LogP contribution in [0.25, 0.3) is 0 Å².